The maximum absolute atomic E-state index is 14.7. The topological polar surface area (TPSA) is 88.5 Å². The summed E-state index contributed by atoms with van der Waals surface area (Å²) in [5.41, 5.74) is 0.131. The Morgan fingerprint density at radius 2 is 1.81 bits per heavy atom. The summed E-state index contributed by atoms with van der Waals surface area (Å²) in [7, 11) is 0. The van der Waals surface area contributed by atoms with Crippen molar-refractivity contribution in [2.24, 2.45) is 0 Å². The summed E-state index contributed by atoms with van der Waals surface area (Å²) >= 11 is 0. The fourth-order valence-corrected chi connectivity index (χ4v) is 3.73. The van der Waals surface area contributed by atoms with Gasteiger partial charge in [-0.2, -0.15) is 0 Å². The molecule has 2 N–H and O–H groups in total. The molecule has 3 heterocycles. The lowest BCUT2D eigenvalue weighted by Crippen LogP contribution is -2.27. The number of aromatic amines is 1. The van der Waals surface area contributed by atoms with Crippen LogP contribution in [0.25, 0.3) is 27.6 Å². The third-order valence-corrected chi connectivity index (χ3v) is 5.22. The van der Waals surface area contributed by atoms with Crippen molar-refractivity contribution >= 4 is 27.8 Å². The number of pyridine rings is 1. The van der Waals surface area contributed by atoms with Crippen LogP contribution in [0.5, 0.6) is 0 Å². The van der Waals surface area contributed by atoms with E-state index >= 15 is 0 Å². The number of hydrogen-bond donors (Lipinski definition) is 2. The van der Waals surface area contributed by atoms with Crippen LogP contribution in [0.4, 0.5) is 19.0 Å². The molecule has 0 saturated carbocycles. The number of rotatable bonds is 4. The largest absolute Gasteiger partial charge is 0.360 e. The highest BCUT2D eigenvalue weighted by Crippen LogP contribution is 2.27. The summed E-state index contributed by atoms with van der Waals surface area (Å²) in [6.07, 6.45) is 2.79. The number of benzene rings is 2. The van der Waals surface area contributed by atoms with E-state index in [4.69, 9.17) is 0 Å². The Balaban J connectivity index is 1.75. The molecule has 0 aliphatic carbocycles. The van der Waals surface area contributed by atoms with Gasteiger partial charge < -0.3 is 10.3 Å². The van der Waals surface area contributed by atoms with Crippen LogP contribution in [0.15, 0.2) is 59.9 Å². The molecular weight excluding hydrogens is 421 g/mol. The van der Waals surface area contributed by atoms with Gasteiger partial charge in [0.05, 0.1) is 23.4 Å². The minimum Gasteiger partial charge on any atom is -0.360 e. The zero-order valence-corrected chi connectivity index (χ0v) is 16.6. The first-order valence-electron chi connectivity index (χ1n) is 9.65. The van der Waals surface area contributed by atoms with Crippen molar-refractivity contribution in [3.63, 3.8) is 0 Å². The first kappa shape index (κ1) is 19.7. The molecule has 0 radical (unpaired) electrons. The second-order valence-electron chi connectivity index (χ2n) is 7.18. The van der Waals surface area contributed by atoms with Gasteiger partial charge in [0.1, 0.15) is 17.7 Å². The molecule has 5 rings (SSSR count). The number of nitrogens with zero attached hydrogens (tertiary/aromatic N) is 4. The van der Waals surface area contributed by atoms with Crippen LogP contribution < -0.4 is 10.9 Å². The third kappa shape index (κ3) is 3.08. The minimum absolute atomic E-state index is 0.217. The van der Waals surface area contributed by atoms with Crippen molar-refractivity contribution in [1.82, 2.24) is 24.5 Å². The Labute approximate surface area is 178 Å². The molecule has 3 aromatic heterocycles. The number of anilines is 1. The summed E-state index contributed by atoms with van der Waals surface area (Å²) in [5, 5.41) is 3.26. The molecule has 0 amide bonds. The van der Waals surface area contributed by atoms with Crippen LogP contribution >= 0.6 is 0 Å². The zero-order chi connectivity index (χ0) is 22.4. The number of nitrogens with one attached hydrogen (secondary N) is 2. The standard InChI is InChI=1S/C22H15F3N6O/c1-11(30-21-19-20(27-9-26-19)28-10-29-21)16-8-12-4-2-5-13(23)17(12)22(32)31(16)15-7-3-6-14(24)18(15)25/h2-11H,1H3,(H2,26,27,28,29,30). The minimum atomic E-state index is -1.21. The molecule has 1 atom stereocenters. The van der Waals surface area contributed by atoms with Gasteiger partial charge in [-0.15, -0.1) is 0 Å². The Kier molecular flexibility index (Phi) is 4.62. The van der Waals surface area contributed by atoms with Gasteiger partial charge in [-0.1, -0.05) is 18.2 Å². The predicted molar refractivity (Wildman–Crippen MR) is 113 cm³/mol. The van der Waals surface area contributed by atoms with Gasteiger partial charge >= 0.3 is 0 Å². The van der Waals surface area contributed by atoms with Crippen LogP contribution in [-0.2, 0) is 0 Å². The molecule has 2 aromatic carbocycles. The van der Waals surface area contributed by atoms with E-state index in [2.05, 4.69) is 25.3 Å². The number of fused-ring (bicyclic) bond motifs is 2. The number of imidazole rings is 1. The lowest BCUT2D eigenvalue weighted by molar-refractivity contribution is 0.502. The zero-order valence-electron chi connectivity index (χ0n) is 16.6. The van der Waals surface area contributed by atoms with E-state index < -0.39 is 29.1 Å². The maximum atomic E-state index is 14.7. The second kappa shape index (κ2) is 7.49. The van der Waals surface area contributed by atoms with Crippen molar-refractivity contribution < 1.29 is 13.2 Å². The van der Waals surface area contributed by atoms with E-state index in [1.54, 1.807) is 19.1 Å². The molecule has 0 aliphatic rings. The molecule has 10 heteroatoms. The average molecular weight is 436 g/mol. The van der Waals surface area contributed by atoms with E-state index in [1.807, 2.05) is 0 Å². The molecule has 0 aliphatic heterocycles. The SMILES string of the molecule is CC(Nc1ncnc2nc[nH]c12)c1cc2cccc(F)c2c(=O)n1-c1cccc(F)c1F. The Hall–Kier alpha value is -4.21. The van der Waals surface area contributed by atoms with E-state index in [0.717, 1.165) is 16.7 Å². The molecule has 160 valence electrons. The Bertz CT molecular complexity index is 1540. The lowest BCUT2D eigenvalue weighted by Gasteiger charge is -2.22. The fourth-order valence-electron chi connectivity index (χ4n) is 3.73. The van der Waals surface area contributed by atoms with E-state index in [1.165, 1.54) is 30.9 Å². The van der Waals surface area contributed by atoms with Gasteiger partial charge in [-0.3, -0.25) is 9.36 Å². The molecule has 0 fully saturated rings. The van der Waals surface area contributed by atoms with Gasteiger partial charge in [0, 0.05) is 5.69 Å². The quantitative estimate of drug-likeness (QED) is 0.440. The predicted octanol–water partition coefficient (Wildman–Crippen LogP) is 4.25. The molecule has 0 bridgehead atoms. The third-order valence-electron chi connectivity index (χ3n) is 5.22. The maximum Gasteiger partial charge on any atom is 0.266 e. The Morgan fingerprint density at radius 3 is 2.66 bits per heavy atom. The molecular formula is C22H15F3N6O. The summed E-state index contributed by atoms with van der Waals surface area (Å²) in [6, 6.07) is 8.64. The number of H-pyrrole nitrogens is 1. The van der Waals surface area contributed by atoms with Gasteiger partial charge in [0.25, 0.3) is 5.56 Å². The van der Waals surface area contributed by atoms with E-state index in [-0.39, 0.29) is 16.8 Å². The van der Waals surface area contributed by atoms with Gasteiger partial charge in [-0.05, 0) is 36.6 Å². The smallest absolute Gasteiger partial charge is 0.266 e. The molecule has 0 saturated heterocycles. The van der Waals surface area contributed by atoms with Crippen LogP contribution in [0.3, 0.4) is 0 Å². The van der Waals surface area contributed by atoms with Crippen molar-refractivity contribution in [2.45, 2.75) is 13.0 Å². The van der Waals surface area contributed by atoms with Gasteiger partial charge in [0.15, 0.2) is 23.1 Å². The van der Waals surface area contributed by atoms with Crippen molar-refractivity contribution in [2.75, 3.05) is 5.32 Å². The van der Waals surface area contributed by atoms with Crippen molar-refractivity contribution in [3.8, 4) is 5.69 Å². The molecule has 0 spiro atoms. The summed E-state index contributed by atoms with van der Waals surface area (Å²) in [4.78, 5) is 28.6. The molecule has 32 heavy (non-hydrogen) atoms. The van der Waals surface area contributed by atoms with E-state index in [9.17, 15) is 18.0 Å². The molecule has 5 aromatic rings. The van der Waals surface area contributed by atoms with Crippen LogP contribution in [-0.4, -0.2) is 24.5 Å². The second-order valence-corrected chi connectivity index (χ2v) is 7.18. The first-order valence-corrected chi connectivity index (χ1v) is 9.65. The molecule has 7 nitrogen and oxygen atoms in total. The monoisotopic (exact) mass is 436 g/mol. The highest BCUT2D eigenvalue weighted by Gasteiger charge is 2.22. The van der Waals surface area contributed by atoms with Gasteiger partial charge in [-0.25, -0.2) is 28.1 Å². The highest BCUT2D eigenvalue weighted by atomic mass is 19.2. The van der Waals surface area contributed by atoms with Crippen molar-refractivity contribution in [1.29, 1.82) is 0 Å². The van der Waals surface area contributed by atoms with Gasteiger partial charge in [0.2, 0.25) is 0 Å². The number of halogens is 3. The summed E-state index contributed by atoms with van der Waals surface area (Å²) < 4.78 is 44.2. The van der Waals surface area contributed by atoms with Crippen molar-refractivity contribution in [3.05, 3.63) is 88.6 Å². The normalized spacial score (nSPS) is 12.4. The number of hydrogen-bond acceptors (Lipinski definition) is 5. The fraction of sp³-hybridized carbons (Fsp3) is 0.0909. The average Bonchev–Trinajstić information content (AvgIpc) is 3.26. The van der Waals surface area contributed by atoms with E-state index in [0.29, 0.717) is 22.4 Å². The Morgan fingerprint density at radius 1 is 1.03 bits per heavy atom. The summed E-state index contributed by atoms with van der Waals surface area (Å²) in [6.45, 7) is 1.72. The molecule has 1 unspecified atom stereocenters. The highest BCUT2D eigenvalue weighted by molar-refractivity contribution is 5.84. The van der Waals surface area contributed by atoms with Crippen LogP contribution in [0.2, 0.25) is 0 Å². The number of aromatic nitrogens is 5. The summed E-state index contributed by atoms with van der Waals surface area (Å²) in [5.74, 6) is -2.68. The van der Waals surface area contributed by atoms with Crippen LogP contribution in [0.1, 0.15) is 18.7 Å². The first-order chi connectivity index (χ1) is 15.5. The lowest BCUT2D eigenvalue weighted by atomic mass is 10.1. The van der Waals surface area contributed by atoms with Crippen LogP contribution in [0, 0.1) is 17.5 Å².